The number of hydrogen-bond acceptors (Lipinski definition) is 2. The summed E-state index contributed by atoms with van der Waals surface area (Å²) in [5, 5.41) is 17.3. The minimum atomic E-state index is -0.718. The zero-order valence-corrected chi connectivity index (χ0v) is 11.5. The summed E-state index contributed by atoms with van der Waals surface area (Å²) in [7, 11) is 0. The Morgan fingerprint density at radius 1 is 0.889 bits per heavy atom. The van der Waals surface area contributed by atoms with Crippen LogP contribution in [-0.4, -0.2) is 22.2 Å². The van der Waals surface area contributed by atoms with Crippen LogP contribution in [-0.2, 0) is 9.59 Å². The molecule has 2 atom stereocenters. The van der Waals surface area contributed by atoms with Crippen LogP contribution < -0.4 is 0 Å². The third-order valence-electron chi connectivity index (χ3n) is 3.36. The van der Waals surface area contributed by atoms with Crippen LogP contribution in [0.25, 0.3) is 0 Å². The fourth-order valence-electron chi connectivity index (χ4n) is 1.93. The fourth-order valence-corrected chi connectivity index (χ4v) is 1.93. The van der Waals surface area contributed by atoms with Crippen LogP contribution in [0, 0.1) is 11.8 Å². The average Bonchev–Trinajstić information content (AvgIpc) is 2.30. The van der Waals surface area contributed by atoms with E-state index in [0.717, 1.165) is 44.9 Å². The summed E-state index contributed by atoms with van der Waals surface area (Å²) in [6, 6.07) is 0. The van der Waals surface area contributed by atoms with Gasteiger partial charge in [0.25, 0.3) is 0 Å². The van der Waals surface area contributed by atoms with Gasteiger partial charge in [-0.05, 0) is 18.8 Å². The Kier molecular flexibility index (Phi) is 9.33. The summed E-state index contributed by atoms with van der Waals surface area (Å²) in [5.41, 5.74) is 0. The molecule has 0 heterocycles. The Hall–Kier alpha value is -1.06. The summed E-state index contributed by atoms with van der Waals surface area (Å²) in [6.45, 7) is 3.84. The van der Waals surface area contributed by atoms with Gasteiger partial charge >= 0.3 is 11.9 Å². The molecule has 0 aromatic carbocycles. The molecule has 106 valence electrons. The van der Waals surface area contributed by atoms with Gasteiger partial charge in [-0.1, -0.05) is 46.0 Å². The van der Waals surface area contributed by atoms with Gasteiger partial charge in [0, 0.05) is 6.42 Å². The first-order chi connectivity index (χ1) is 8.43. The summed E-state index contributed by atoms with van der Waals surface area (Å²) in [4.78, 5) is 21.0. The van der Waals surface area contributed by atoms with Crippen molar-refractivity contribution in [1.82, 2.24) is 0 Å². The number of carboxylic acid groups (broad SMARTS) is 2. The maximum absolute atomic E-state index is 10.6. The van der Waals surface area contributed by atoms with Gasteiger partial charge in [0.1, 0.15) is 0 Å². The molecule has 0 aromatic heterocycles. The second-order valence-electron chi connectivity index (χ2n) is 5.27. The summed E-state index contributed by atoms with van der Waals surface area (Å²) in [6.07, 6.45) is 7.11. The third kappa shape index (κ3) is 10.1. The topological polar surface area (TPSA) is 74.6 Å². The Morgan fingerprint density at radius 2 is 1.44 bits per heavy atom. The summed E-state index contributed by atoms with van der Waals surface area (Å²) >= 11 is 0. The van der Waals surface area contributed by atoms with Crippen LogP contribution in [0.1, 0.15) is 65.2 Å². The summed E-state index contributed by atoms with van der Waals surface area (Å²) in [5.74, 6) is -1.19. The van der Waals surface area contributed by atoms with Gasteiger partial charge in [-0.2, -0.15) is 0 Å². The SMILES string of the molecule is CC(CCCCCCC(C)C(=O)O)CCC(=O)O. The molecule has 0 bridgehead atoms. The first kappa shape index (κ1) is 16.9. The van der Waals surface area contributed by atoms with E-state index in [2.05, 4.69) is 6.92 Å². The van der Waals surface area contributed by atoms with Crippen molar-refractivity contribution in [2.75, 3.05) is 0 Å². The number of unbranched alkanes of at least 4 members (excludes halogenated alkanes) is 3. The smallest absolute Gasteiger partial charge is 0.306 e. The van der Waals surface area contributed by atoms with E-state index in [1.54, 1.807) is 6.92 Å². The van der Waals surface area contributed by atoms with Crippen LogP contribution >= 0.6 is 0 Å². The quantitative estimate of drug-likeness (QED) is 0.556. The fraction of sp³-hybridized carbons (Fsp3) is 0.857. The van der Waals surface area contributed by atoms with Crippen molar-refractivity contribution in [2.45, 2.75) is 65.2 Å². The van der Waals surface area contributed by atoms with Crippen molar-refractivity contribution in [3.63, 3.8) is 0 Å². The van der Waals surface area contributed by atoms with Gasteiger partial charge in [0.15, 0.2) is 0 Å². The molecule has 0 amide bonds. The molecule has 2 N–H and O–H groups in total. The molecule has 0 saturated heterocycles. The molecule has 0 aliphatic rings. The van der Waals surface area contributed by atoms with Gasteiger partial charge in [0.2, 0.25) is 0 Å². The molecule has 0 rings (SSSR count). The first-order valence-electron chi connectivity index (χ1n) is 6.88. The molecule has 0 aromatic rings. The maximum Gasteiger partial charge on any atom is 0.306 e. The molecule has 0 spiro atoms. The van der Waals surface area contributed by atoms with E-state index in [-0.39, 0.29) is 12.3 Å². The van der Waals surface area contributed by atoms with Crippen molar-refractivity contribution in [1.29, 1.82) is 0 Å². The molecule has 18 heavy (non-hydrogen) atoms. The highest BCUT2D eigenvalue weighted by Gasteiger charge is 2.09. The van der Waals surface area contributed by atoms with Crippen molar-refractivity contribution >= 4 is 11.9 Å². The second-order valence-corrected chi connectivity index (χ2v) is 5.27. The first-order valence-corrected chi connectivity index (χ1v) is 6.88. The predicted octanol–water partition coefficient (Wildman–Crippen LogP) is 3.55. The zero-order valence-electron chi connectivity index (χ0n) is 11.5. The lowest BCUT2D eigenvalue weighted by molar-refractivity contribution is -0.141. The van der Waals surface area contributed by atoms with Gasteiger partial charge < -0.3 is 10.2 Å². The number of hydrogen-bond donors (Lipinski definition) is 2. The maximum atomic E-state index is 10.6. The lowest BCUT2D eigenvalue weighted by Crippen LogP contribution is -2.08. The lowest BCUT2D eigenvalue weighted by Gasteiger charge is -2.09. The van der Waals surface area contributed by atoms with E-state index in [0.29, 0.717) is 5.92 Å². The van der Waals surface area contributed by atoms with Crippen LogP contribution in [0.5, 0.6) is 0 Å². The number of rotatable bonds is 11. The highest BCUT2D eigenvalue weighted by atomic mass is 16.4. The molecule has 0 aliphatic carbocycles. The molecule has 4 heteroatoms. The molecule has 0 fully saturated rings. The van der Waals surface area contributed by atoms with E-state index < -0.39 is 11.9 Å². The monoisotopic (exact) mass is 258 g/mol. The standard InChI is InChI=1S/C14H26O4/c1-11(9-10-13(15)16)7-5-3-4-6-8-12(2)14(17)18/h11-12H,3-10H2,1-2H3,(H,15,16)(H,17,18). The molecule has 0 saturated carbocycles. The zero-order chi connectivity index (χ0) is 14.0. The molecule has 0 aliphatic heterocycles. The number of carbonyl (C=O) groups is 2. The normalized spacial score (nSPS) is 14.1. The molecular weight excluding hydrogens is 232 g/mol. The van der Waals surface area contributed by atoms with Crippen LogP contribution in [0.15, 0.2) is 0 Å². The minimum Gasteiger partial charge on any atom is -0.481 e. The average molecular weight is 258 g/mol. The Morgan fingerprint density at radius 3 is 1.94 bits per heavy atom. The van der Waals surface area contributed by atoms with Gasteiger partial charge in [-0.25, -0.2) is 0 Å². The Labute approximate surface area is 109 Å². The number of aliphatic carboxylic acids is 2. The third-order valence-corrected chi connectivity index (χ3v) is 3.36. The number of carboxylic acids is 2. The molecule has 2 unspecified atom stereocenters. The van der Waals surface area contributed by atoms with E-state index in [9.17, 15) is 9.59 Å². The van der Waals surface area contributed by atoms with Gasteiger partial charge in [-0.15, -0.1) is 0 Å². The van der Waals surface area contributed by atoms with Crippen molar-refractivity contribution < 1.29 is 19.8 Å². The van der Waals surface area contributed by atoms with E-state index in [1.807, 2.05) is 0 Å². The largest absolute Gasteiger partial charge is 0.481 e. The van der Waals surface area contributed by atoms with E-state index in [4.69, 9.17) is 10.2 Å². The Bertz CT molecular complexity index is 250. The highest BCUT2D eigenvalue weighted by Crippen LogP contribution is 2.17. The van der Waals surface area contributed by atoms with E-state index >= 15 is 0 Å². The molecule has 0 radical (unpaired) electrons. The molecular formula is C14H26O4. The highest BCUT2D eigenvalue weighted by molar-refractivity contribution is 5.69. The minimum absolute atomic E-state index is 0.237. The van der Waals surface area contributed by atoms with Crippen molar-refractivity contribution in [3.05, 3.63) is 0 Å². The van der Waals surface area contributed by atoms with Crippen molar-refractivity contribution in [3.8, 4) is 0 Å². The van der Waals surface area contributed by atoms with Gasteiger partial charge in [-0.3, -0.25) is 9.59 Å². The van der Waals surface area contributed by atoms with Crippen LogP contribution in [0.2, 0.25) is 0 Å². The second kappa shape index (κ2) is 9.92. The lowest BCUT2D eigenvalue weighted by atomic mass is 9.97. The van der Waals surface area contributed by atoms with Crippen molar-refractivity contribution in [2.24, 2.45) is 11.8 Å². The summed E-state index contributed by atoms with van der Waals surface area (Å²) < 4.78 is 0. The van der Waals surface area contributed by atoms with Gasteiger partial charge in [0.05, 0.1) is 5.92 Å². The van der Waals surface area contributed by atoms with Crippen LogP contribution in [0.3, 0.4) is 0 Å². The Balaban J connectivity index is 3.34. The van der Waals surface area contributed by atoms with E-state index in [1.165, 1.54) is 0 Å². The molecule has 4 nitrogen and oxygen atoms in total. The van der Waals surface area contributed by atoms with Crippen LogP contribution in [0.4, 0.5) is 0 Å². The predicted molar refractivity (Wildman–Crippen MR) is 70.5 cm³/mol.